The summed E-state index contributed by atoms with van der Waals surface area (Å²) in [4.78, 5) is 35.0. The van der Waals surface area contributed by atoms with E-state index >= 15 is 0 Å². The molecule has 0 aromatic heterocycles. The van der Waals surface area contributed by atoms with E-state index in [-0.39, 0.29) is 18.6 Å². The normalized spacial score (nSPS) is 13.7. The summed E-state index contributed by atoms with van der Waals surface area (Å²) in [6, 6.07) is -0.109. The fraction of sp³-hybridized carbons (Fsp3) is 0.727. The van der Waals surface area contributed by atoms with E-state index in [1.54, 1.807) is 12.0 Å². The second-order valence-corrected chi connectivity index (χ2v) is 4.25. The van der Waals surface area contributed by atoms with E-state index in [0.29, 0.717) is 13.2 Å². The molecule has 1 aliphatic carbocycles. The molecular formula is C11H19N3O5. The second-order valence-electron chi connectivity index (χ2n) is 4.25. The first kappa shape index (κ1) is 15.2. The molecule has 3 N–H and O–H groups in total. The Hall–Kier alpha value is -1.83. The molecule has 1 fully saturated rings. The minimum atomic E-state index is -1.13. The number of aliphatic carboxylic acids is 1. The number of rotatable bonds is 8. The van der Waals surface area contributed by atoms with Crippen LogP contribution in [0.3, 0.4) is 0 Å². The van der Waals surface area contributed by atoms with Crippen LogP contribution in [-0.4, -0.2) is 67.3 Å². The number of hydrogen-bond acceptors (Lipinski definition) is 4. The molecule has 19 heavy (non-hydrogen) atoms. The number of hydrogen-bond donors (Lipinski definition) is 3. The maximum Gasteiger partial charge on any atom is 0.322 e. The first-order valence-electron chi connectivity index (χ1n) is 6.06. The van der Waals surface area contributed by atoms with E-state index in [2.05, 4.69) is 10.6 Å². The number of ether oxygens (including phenoxy) is 1. The van der Waals surface area contributed by atoms with Crippen LogP contribution in [0.4, 0.5) is 4.79 Å². The van der Waals surface area contributed by atoms with E-state index < -0.39 is 18.4 Å². The Kier molecular flexibility index (Phi) is 6.07. The summed E-state index contributed by atoms with van der Waals surface area (Å²) < 4.78 is 4.92. The molecule has 0 unspecified atom stereocenters. The lowest BCUT2D eigenvalue weighted by molar-refractivity contribution is -0.137. The highest BCUT2D eigenvalue weighted by Crippen LogP contribution is 2.26. The summed E-state index contributed by atoms with van der Waals surface area (Å²) in [5.41, 5.74) is 0. The third kappa shape index (κ3) is 6.05. The van der Waals surface area contributed by atoms with E-state index in [1.165, 1.54) is 0 Å². The van der Waals surface area contributed by atoms with Crippen molar-refractivity contribution in [2.75, 3.05) is 33.4 Å². The fourth-order valence-corrected chi connectivity index (χ4v) is 1.52. The Labute approximate surface area is 111 Å². The van der Waals surface area contributed by atoms with Crippen LogP contribution in [0.25, 0.3) is 0 Å². The standard InChI is InChI=1S/C11H19N3O5/c1-19-5-4-14(8-2-3-8)11(18)13-6-9(15)12-7-10(16)17/h8H,2-7H2,1H3,(H,12,15)(H,13,18)(H,16,17). The first-order chi connectivity index (χ1) is 9.04. The van der Waals surface area contributed by atoms with Crippen LogP contribution in [-0.2, 0) is 14.3 Å². The minimum absolute atomic E-state index is 0.220. The average molecular weight is 273 g/mol. The Morgan fingerprint density at radius 3 is 2.47 bits per heavy atom. The molecule has 0 spiro atoms. The highest BCUT2D eigenvalue weighted by molar-refractivity contribution is 5.86. The predicted molar refractivity (Wildman–Crippen MR) is 65.6 cm³/mol. The number of methoxy groups -OCH3 is 1. The van der Waals surface area contributed by atoms with Gasteiger partial charge in [0, 0.05) is 19.7 Å². The molecular weight excluding hydrogens is 254 g/mol. The van der Waals surface area contributed by atoms with Crippen molar-refractivity contribution in [3.8, 4) is 0 Å². The lowest BCUT2D eigenvalue weighted by Crippen LogP contribution is -2.46. The zero-order valence-corrected chi connectivity index (χ0v) is 10.8. The van der Waals surface area contributed by atoms with Crippen molar-refractivity contribution in [1.29, 1.82) is 0 Å². The van der Waals surface area contributed by atoms with Gasteiger partial charge in [-0.3, -0.25) is 9.59 Å². The third-order valence-corrected chi connectivity index (χ3v) is 2.62. The highest BCUT2D eigenvalue weighted by Gasteiger charge is 2.32. The van der Waals surface area contributed by atoms with Crippen molar-refractivity contribution < 1.29 is 24.2 Å². The van der Waals surface area contributed by atoms with Crippen molar-refractivity contribution in [1.82, 2.24) is 15.5 Å². The smallest absolute Gasteiger partial charge is 0.322 e. The largest absolute Gasteiger partial charge is 0.480 e. The number of carboxylic acid groups (broad SMARTS) is 1. The van der Waals surface area contributed by atoms with Gasteiger partial charge in [-0.05, 0) is 12.8 Å². The minimum Gasteiger partial charge on any atom is -0.480 e. The molecule has 1 saturated carbocycles. The number of carbonyl (C=O) groups is 3. The maximum absolute atomic E-state index is 11.8. The lowest BCUT2D eigenvalue weighted by Gasteiger charge is -2.22. The van der Waals surface area contributed by atoms with Crippen molar-refractivity contribution >= 4 is 17.9 Å². The molecule has 108 valence electrons. The van der Waals surface area contributed by atoms with E-state index in [0.717, 1.165) is 12.8 Å². The van der Waals surface area contributed by atoms with Gasteiger partial charge < -0.3 is 25.4 Å². The van der Waals surface area contributed by atoms with Crippen molar-refractivity contribution in [2.24, 2.45) is 0 Å². The van der Waals surface area contributed by atoms with Crippen LogP contribution in [0.1, 0.15) is 12.8 Å². The van der Waals surface area contributed by atoms with Crippen molar-refractivity contribution in [2.45, 2.75) is 18.9 Å². The van der Waals surface area contributed by atoms with Crippen molar-refractivity contribution in [3.63, 3.8) is 0 Å². The number of nitrogens with zero attached hydrogens (tertiary/aromatic N) is 1. The number of urea groups is 1. The van der Waals surface area contributed by atoms with Gasteiger partial charge in [-0.2, -0.15) is 0 Å². The van der Waals surface area contributed by atoms with Gasteiger partial charge in [0.15, 0.2) is 0 Å². The number of nitrogens with one attached hydrogen (secondary N) is 2. The van der Waals surface area contributed by atoms with Gasteiger partial charge in [-0.1, -0.05) is 0 Å². The first-order valence-corrected chi connectivity index (χ1v) is 6.06. The summed E-state index contributed by atoms with van der Waals surface area (Å²) in [5, 5.41) is 13.0. The summed E-state index contributed by atoms with van der Waals surface area (Å²) in [6.45, 7) is 0.228. The zero-order valence-electron chi connectivity index (χ0n) is 10.8. The van der Waals surface area contributed by atoms with Crippen molar-refractivity contribution in [3.05, 3.63) is 0 Å². The summed E-state index contributed by atoms with van der Waals surface area (Å²) in [6.07, 6.45) is 1.92. The quantitative estimate of drug-likeness (QED) is 0.526. The SMILES string of the molecule is COCCN(C(=O)NCC(=O)NCC(=O)O)C1CC1. The van der Waals surface area contributed by atoms with Gasteiger partial charge in [-0.15, -0.1) is 0 Å². The lowest BCUT2D eigenvalue weighted by atomic mass is 10.5. The van der Waals surface area contributed by atoms with Crippen LogP contribution in [0.15, 0.2) is 0 Å². The summed E-state index contributed by atoms with van der Waals surface area (Å²) >= 11 is 0. The molecule has 0 aromatic rings. The monoisotopic (exact) mass is 273 g/mol. The van der Waals surface area contributed by atoms with Crippen LogP contribution in [0, 0.1) is 0 Å². The summed E-state index contributed by atoms with van der Waals surface area (Å²) in [5.74, 6) is -1.65. The second kappa shape index (κ2) is 7.57. The van der Waals surface area contributed by atoms with Gasteiger partial charge >= 0.3 is 12.0 Å². The van der Waals surface area contributed by atoms with E-state index in [4.69, 9.17) is 9.84 Å². The topological polar surface area (TPSA) is 108 Å². The Balaban J connectivity index is 2.27. The third-order valence-electron chi connectivity index (χ3n) is 2.62. The van der Waals surface area contributed by atoms with E-state index in [1.807, 2.05) is 0 Å². The molecule has 0 saturated heterocycles. The Morgan fingerprint density at radius 1 is 1.26 bits per heavy atom. The van der Waals surface area contributed by atoms with E-state index in [9.17, 15) is 14.4 Å². The molecule has 3 amide bonds. The van der Waals surface area contributed by atoms with Gasteiger partial charge in [-0.25, -0.2) is 4.79 Å². The van der Waals surface area contributed by atoms with Gasteiger partial charge in [0.05, 0.1) is 13.2 Å². The molecule has 8 heteroatoms. The zero-order chi connectivity index (χ0) is 14.3. The fourth-order valence-electron chi connectivity index (χ4n) is 1.52. The van der Waals surface area contributed by atoms with Gasteiger partial charge in [0.1, 0.15) is 6.54 Å². The van der Waals surface area contributed by atoms with Crippen LogP contribution >= 0.6 is 0 Å². The van der Waals surface area contributed by atoms with Crippen LogP contribution in [0.2, 0.25) is 0 Å². The number of carbonyl (C=O) groups excluding carboxylic acids is 2. The molecule has 0 bridgehead atoms. The van der Waals surface area contributed by atoms with Gasteiger partial charge in [0.25, 0.3) is 0 Å². The molecule has 0 aliphatic heterocycles. The van der Waals surface area contributed by atoms with Crippen LogP contribution < -0.4 is 10.6 Å². The molecule has 1 aliphatic rings. The Morgan fingerprint density at radius 2 is 1.95 bits per heavy atom. The molecule has 1 rings (SSSR count). The molecule has 0 atom stereocenters. The molecule has 0 radical (unpaired) electrons. The predicted octanol–water partition coefficient (Wildman–Crippen LogP) is -0.992. The van der Waals surface area contributed by atoms with Crippen LogP contribution in [0.5, 0.6) is 0 Å². The van der Waals surface area contributed by atoms with Gasteiger partial charge in [0.2, 0.25) is 5.91 Å². The highest BCUT2D eigenvalue weighted by atomic mass is 16.5. The molecule has 0 aromatic carbocycles. The molecule has 0 heterocycles. The number of carboxylic acids is 1. The Bertz CT molecular complexity index is 343. The average Bonchev–Trinajstić information content (AvgIpc) is 3.18. The molecule has 8 nitrogen and oxygen atoms in total. The maximum atomic E-state index is 11.8. The summed E-state index contributed by atoms with van der Waals surface area (Å²) in [7, 11) is 1.56. The number of amides is 3.